The molecule has 3 rings (SSSR count). The number of thioether (sulfide) groups is 1. The molecule has 0 unspecified atom stereocenters. The summed E-state index contributed by atoms with van der Waals surface area (Å²) in [5.74, 6) is 0.882. The maximum Gasteiger partial charge on any atom is 0.311 e. The van der Waals surface area contributed by atoms with Crippen LogP contribution in [-0.4, -0.2) is 16.3 Å². The van der Waals surface area contributed by atoms with Gasteiger partial charge in [0.2, 0.25) is 0 Å². The average Bonchev–Trinajstić information content (AvgIpc) is 2.78. The molecule has 0 atom stereocenters. The fourth-order valence-corrected chi connectivity index (χ4v) is 3.14. The van der Waals surface area contributed by atoms with Gasteiger partial charge in [0.1, 0.15) is 6.61 Å². The zero-order chi connectivity index (χ0) is 21.2. The number of ether oxygens (including phenoxy) is 1. The molecule has 0 aromatic heterocycles. The molecule has 30 heavy (non-hydrogen) atoms. The molecule has 0 aliphatic rings. The predicted molar refractivity (Wildman–Crippen MR) is 121 cm³/mol. The minimum Gasteiger partial charge on any atom is -0.482 e. The molecule has 0 heterocycles. The van der Waals surface area contributed by atoms with Crippen molar-refractivity contribution in [3.63, 3.8) is 0 Å². The first-order valence-electron chi connectivity index (χ1n) is 9.10. The predicted octanol–water partition coefficient (Wildman–Crippen LogP) is 4.76. The van der Waals surface area contributed by atoms with Gasteiger partial charge in [0, 0.05) is 17.4 Å². The van der Waals surface area contributed by atoms with Crippen LogP contribution in [0.25, 0.3) is 0 Å². The quantitative estimate of drug-likeness (QED) is 0.245. The Balaban J connectivity index is 1.62. The Morgan fingerprint density at radius 1 is 1.03 bits per heavy atom. The first-order chi connectivity index (χ1) is 14.6. The van der Waals surface area contributed by atoms with Gasteiger partial charge in [0.05, 0.1) is 11.1 Å². The zero-order valence-electron chi connectivity index (χ0n) is 16.0. The Morgan fingerprint density at radius 2 is 1.70 bits per heavy atom. The van der Waals surface area contributed by atoms with Crippen LogP contribution in [0.2, 0.25) is 0 Å². The summed E-state index contributed by atoms with van der Waals surface area (Å²) in [6, 6.07) is 24.0. The van der Waals surface area contributed by atoms with E-state index in [1.807, 2.05) is 60.7 Å². The Bertz CT molecular complexity index is 1040. The Labute approximate surface area is 178 Å². The van der Waals surface area contributed by atoms with Crippen LogP contribution >= 0.6 is 11.8 Å². The maximum absolute atomic E-state index is 11.4. The number of nitrogens with zero attached hydrogens (tertiary/aromatic N) is 3. The first kappa shape index (κ1) is 21.1. The van der Waals surface area contributed by atoms with E-state index < -0.39 is 4.92 Å². The van der Waals surface area contributed by atoms with E-state index in [1.54, 1.807) is 12.1 Å². The minimum absolute atomic E-state index is 0.134. The SMILES string of the molecule is NC(=NN=Cc1ccc(OCc2ccccc2)c([N+](=O)[O-])c1)SCc1ccccc1. The Hall–Kier alpha value is -3.65. The highest BCUT2D eigenvalue weighted by Crippen LogP contribution is 2.28. The summed E-state index contributed by atoms with van der Waals surface area (Å²) in [6.45, 7) is 0.245. The lowest BCUT2D eigenvalue weighted by Crippen LogP contribution is -2.06. The molecule has 3 aromatic rings. The van der Waals surface area contributed by atoms with Crippen molar-refractivity contribution in [1.82, 2.24) is 0 Å². The zero-order valence-corrected chi connectivity index (χ0v) is 16.9. The summed E-state index contributed by atoms with van der Waals surface area (Å²) in [4.78, 5) is 10.9. The van der Waals surface area contributed by atoms with E-state index in [0.29, 0.717) is 16.5 Å². The summed E-state index contributed by atoms with van der Waals surface area (Å²) in [5, 5.41) is 19.6. The van der Waals surface area contributed by atoms with Crippen molar-refractivity contribution in [1.29, 1.82) is 0 Å². The molecule has 0 spiro atoms. The van der Waals surface area contributed by atoms with Crippen LogP contribution in [0.1, 0.15) is 16.7 Å². The molecule has 152 valence electrons. The van der Waals surface area contributed by atoms with Gasteiger partial charge in [0.25, 0.3) is 0 Å². The molecule has 0 radical (unpaired) electrons. The number of amidine groups is 1. The second kappa shape index (κ2) is 10.8. The highest BCUT2D eigenvalue weighted by Gasteiger charge is 2.15. The van der Waals surface area contributed by atoms with Crippen LogP contribution in [-0.2, 0) is 12.4 Å². The molecular formula is C22H20N4O3S. The molecule has 0 aliphatic heterocycles. The number of nitro groups is 1. The molecular weight excluding hydrogens is 400 g/mol. The maximum atomic E-state index is 11.4. The van der Waals surface area contributed by atoms with Crippen molar-refractivity contribution >= 4 is 28.8 Å². The van der Waals surface area contributed by atoms with Crippen LogP contribution in [0.5, 0.6) is 5.75 Å². The largest absolute Gasteiger partial charge is 0.482 e. The number of hydrogen-bond acceptors (Lipinski definition) is 6. The third kappa shape index (κ3) is 6.46. The van der Waals surface area contributed by atoms with E-state index in [1.165, 1.54) is 24.0 Å². The molecule has 0 amide bonds. The fourth-order valence-electron chi connectivity index (χ4n) is 2.53. The molecule has 8 heteroatoms. The van der Waals surface area contributed by atoms with Crippen LogP contribution in [0, 0.1) is 10.1 Å². The number of hydrogen-bond donors (Lipinski definition) is 1. The number of benzene rings is 3. The highest BCUT2D eigenvalue weighted by atomic mass is 32.2. The van der Waals surface area contributed by atoms with Crippen LogP contribution in [0.4, 0.5) is 5.69 Å². The van der Waals surface area contributed by atoms with Gasteiger partial charge < -0.3 is 10.5 Å². The van der Waals surface area contributed by atoms with Crippen molar-refractivity contribution < 1.29 is 9.66 Å². The van der Waals surface area contributed by atoms with Gasteiger partial charge in [-0.2, -0.15) is 5.10 Å². The number of nitrogens with two attached hydrogens (primary N) is 1. The molecule has 0 fully saturated rings. The lowest BCUT2D eigenvalue weighted by atomic mass is 10.2. The first-order valence-corrected chi connectivity index (χ1v) is 10.1. The van der Waals surface area contributed by atoms with Crippen molar-refractivity contribution in [2.75, 3.05) is 0 Å². The smallest absolute Gasteiger partial charge is 0.311 e. The summed E-state index contributed by atoms with van der Waals surface area (Å²) >= 11 is 1.37. The van der Waals surface area contributed by atoms with Crippen molar-refractivity contribution in [2.24, 2.45) is 15.9 Å². The third-order valence-corrected chi connectivity index (χ3v) is 4.86. The van der Waals surface area contributed by atoms with Gasteiger partial charge in [-0.25, -0.2) is 0 Å². The van der Waals surface area contributed by atoms with Gasteiger partial charge >= 0.3 is 5.69 Å². The van der Waals surface area contributed by atoms with Crippen LogP contribution < -0.4 is 10.5 Å². The topological polar surface area (TPSA) is 103 Å². The van der Waals surface area contributed by atoms with E-state index in [4.69, 9.17) is 10.5 Å². The Morgan fingerprint density at radius 3 is 2.37 bits per heavy atom. The fraction of sp³-hybridized carbons (Fsp3) is 0.0909. The standard InChI is InChI=1S/C22H20N4O3S/c23-22(30-16-18-9-5-2-6-10-18)25-24-14-19-11-12-21(20(13-19)26(27)28)29-15-17-7-3-1-4-8-17/h1-14H,15-16H2,(H2,23,25). The number of nitro benzene ring substituents is 1. The van der Waals surface area contributed by atoms with Crippen LogP contribution in [0.15, 0.2) is 89.1 Å². The summed E-state index contributed by atoms with van der Waals surface area (Å²) in [6.07, 6.45) is 1.42. The normalized spacial score (nSPS) is 11.5. The van der Waals surface area contributed by atoms with Crippen molar-refractivity contribution in [3.05, 3.63) is 106 Å². The molecule has 0 saturated heterocycles. The van der Waals surface area contributed by atoms with Gasteiger partial charge in [-0.05, 0) is 23.3 Å². The van der Waals surface area contributed by atoms with E-state index in [-0.39, 0.29) is 18.0 Å². The minimum atomic E-state index is -0.481. The van der Waals surface area contributed by atoms with Gasteiger partial charge in [0.15, 0.2) is 10.9 Å². The second-order valence-electron chi connectivity index (χ2n) is 6.22. The molecule has 7 nitrogen and oxygen atoms in total. The molecule has 2 N–H and O–H groups in total. The van der Waals surface area contributed by atoms with Crippen molar-refractivity contribution in [3.8, 4) is 5.75 Å². The molecule has 0 saturated carbocycles. The van der Waals surface area contributed by atoms with E-state index in [0.717, 1.165) is 11.1 Å². The molecule has 0 bridgehead atoms. The Kier molecular flexibility index (Phi) is 7.57. The van der Waals surface area contributed by atoms with E-state index >= 15 is 0 Å². The lowest BCUT2D eigenvalue weighted by molar-refractivity contribution is -0.385. The second-order valence-corrected chi connectivity index (χ2v) is 7.21. The number of rotatable bonds is 8. The van der Waals surface area contributed by atoms with Crippen molar-refractivity contribution in [2.45, 2.75) is 12.4 Å². The highest BCUT2D eigenvalue weighted by molar-refractivity contribution is 8.13. The average molecular weight is 420 g/mol. The molecule has 0 aliphatic carbocycles. The summed E-state index contributed by atoms with van der Waals surface area (Å²) in [5.41, 5.74) is 8.30. The van der Waals surface area contributed by atoms with E-state index in [9.17, 15) is 10.1 Å². The summed E-state index contributed by atoms with van der Waals surface area (Å²) < 4.78 is 5.62. The van der Waals surface area contributed by atoms with E-state index in [2.05, 4.69) is 10.2 Å². The molecule has 3 aromatic carbocycles. The van der Waals surface area contributed by atoms with Gasteiger partial charge in [-0.15, -0.1) is 5.10 Å². The monoisotopic (exact) mass is 420 g/mol. The third-order valence-electron chi connectivity index (χ3n) is 4.01. The van der Waals surface area contributed by atoms with Gasteiger partial charge in [-0.1, -0.05) is 72.4 Å². The van der Waals surface area contributed by atoms with Crippen LogP contribution in [0.3, 0.4) is 0 Å². The lowest BCUT2D eigenvalue weighted by Gasteiger charge is -2.07. The van der Waals surface area contributed by atoms with Gasteiger partial charge in [-0.3, -0.25) is 10.1 Å². The summed E-state index contributed by atoms with van der Waals surface area (Å²) in [7, 11) is 0.